The first kappa shape index (κ1) is 10.9. The van der Waals surface area contributed by atoms with E-state index in [0.717, 1.165) is 0 Å². The van der Waals surface area contributed by atoms with Gasteiger partial charge in [0.25, 0.3) is 5.69 Å². The topological polar surface area (TPSA) is 56.3 Å². The van der Waals surface area contributed by atoms with Gasteiger partial charge in [-0.3, -0.25) is 10.1 Å². The SMILES string of the molecule is Cc1c(Br)cc(-c2ccco2)cc1[N+](=O)[O-]. The molecule has 0 aliphatic heterocycles. The van der Waals surface area contributed by atoms with Gasteiger partial charge in [0.1, 0.15) is 5.76 Å². The molecule has 2 rings (SSSR count). The number of furan rings is 1. The first-order chi connectivity index (χ1) is 7.59. The van der Waals surface area contributed by atoms with Crippen LogP contribution in [-0.4, -0.2) is 4.92 Å². The molecule has 4 nitrogen and oxygen atoms in total. The third-order valence-electron chi connectivity index (χ3n) is 2.32. The molecule has 0 aliphatic carbocycles. The van der Waals surface area contributed by atoms with Gasteiger partial charge in [0.2, 0.25) is 0 Å². The lowest BCUT2D eigenvalue weighted by atomic mass is 10.1. The summed E-state index contributed by atoms with van der Waals surface area (Å²) in [4.78, 5) is 10.5. The van der Waals surface area contributed by atoms with Crippen LogP contribution in [0.1, 0.15) is 5.56 Å². The largest absolute Gasteiger partial charge is 0.464 e. The minimum Gasteiger partial charge on any atom is -0.464 e. The molecule has 0 saturated carbocycles. The van der Waals surface area contributed by atoms with E-state index in [4.69, 9.17) is 4.42 Å². The van der Waals surface area contributed by atoms with E-state index in [1.54, 1.807) is 25.1 Å². The van der Waals surface area contributed by atoms with Crippen molar-refractivity contribution in [3.63, 3.8) is 0 Å². The van der Waals surface area contributed by atoms with Crippen molar-refractivity contribution >= 4 is 21.6 Å². The average molecular weight is 282 g/mol. The fourth-order valence-corrected chi connectivity index (χ4v) is 1.89. The van der Waals surface area contributed by atoms with E-state index < -0.39 is 4.92 Å². The van der Waals surface area contributed by atoms with E-state index in [1.165, 1.54) is 12.3 Å². The molecule has 1 aromatic carbocycles. The predicted octanol–water partition coefficient (Wildman–Crippen LogP) is 3.93. The van der Waals surface area contributed by atoms with Crippen molar-refractivity contribution in [2.24, 2.45) is 0 Å². The van der Waals surface area contributed by atoms with Crippen molar-refractivity contribution in [1.29, 1.82) is 0 Å². The Hall–Kier alpha value is -1.62. The highest BCUT2D eigenvalue weighted by Gasteiger charge is 2.16. The van der Waals surface area contributed by atoms with Crippen molar-refractivity contribution in [1.82, 2.24) is 0 Å². The Morgan fingerprint density at radius 1 is 1.44 bits per heavy atom. The van der Waals surface area contributed by atoms with Crippen LogP contribution in [0.3, 0.4) is 0 Å². The number of nitro benzene ring substituents is 1. The van der Waals surface area contributed by atoms with E-state index in [9.17, 15) is 10.1 Å². The third-order valence-corrected chi connectivity index (χ3v) is 3.14. The van der Waals surface area contributed by atoms with Gasteiger partial charge in [0.15, 0.2) is 0 Å². The molecule has 0 amide bonds. The van der Waals surface area contributed by atoms with Crippen LogP contribution in [0.25, 0.3) is 11.3 Å². The normalized spacial score (nSPS) is 10.4. The van der Waals surface area contributed by atoms with Crippen molar-refractivity contribution in [2.75, 3.05) is 0 Å². The maximum Gasteiger partial charge on any atom is 0.274 e. The van der Waals surface area contributed by atoms with Gasteiger partial charge in [-0.1, -0.05) is 15.9 Å². The van der Waals surface area contributed by atoms with Crippen LogP contribution in [0, 0.1) is 17.0 Å². The summed E-state index contributed by atoms with van der Waals surface area (Å²) in [5, 5.41) is 10.8. The minimum atomic E-state index is -0.396. The van der Waals surface area contributed by atoms with Crippen LogP contribution in [-0.2, 0) is 0 Å². The molecular formula is C11H8BrNO3. The number of halogens is 1. The van der Waals surface area contributed by atoms with Crippen molar-refractivity contribution in [3.8, 4) is 11.3 Å². The molecule has 0 atom stereocenters. The van der Waals surface area contributed by atoms with E-state index in [2.05, 4.69) is 15.9 Å². The number of nitro groups is 1. The molecule has 0 aliphatic rings. The van der Waals surface area contributed by atoms with Gasteiger partial charge >= 0.3 is 0 Å². The summed E-state index contributed by atoms with van der Waals surface area (Å²) in [5.41, 5.74) is 1.38. The summed E-state index contributed by atoms with van der Waals surface area (Å²) in [6, 6.07) is 6.83. The summed E-state index contributed by atoms with van der Waals surface area (Å²) in [6.07, 6.45) is 1.54. The monoisotopic (exact) mass is 281 g/mol. The number of rotatable bonds is 2. The maximum absolute atomic E-state index is 10.8. The lowest BCUT2D eigenvalue weighted by Gasteiger charge is -2.03. The van der Waals surface area contributed by atoms with Crippen LogP contribution < -0.4 is 0 Å². The van der Waals surface area contributed by atoms with E-state index in [1.807, 2.05) is 0 Å². The first-order valence-corrected chi connectivity index (χ1v) is 5.37. The summed E-state index contributed by atoms with van der Waals surface area (Å²) in [7, 11) is 0. The third kappa shape index (κ3) is 1.86. The van der Waals surface area contributed by atoms with Gasteiger partial charge in [-0.25, -0.2) is 0 Å². The van der Waals surface area contributed by atoms with Crippen LogP contribution in [0.15, 0.2) is 39.4 Å². The van der Waals surface area contributed by atoms with Crippen LogP contribution in [0.4, 0.5) is 5.69 Å². The molecule has 0 spiro atoms. The Bertz CT molecular complexity index is 534. The molecule has 0 N–H and O–H groups in total. The van der Waals surface area contributed by atoms with Crippen LogP contribution in [0.2, 0.25) is 0 Å². The molecule has 0 radical (unpaired) electrons. The van der Waals surface area contributed by atoms with E-state index in [0.29, 0.717) is 21.4 Å². The second kappa shape index (κ2) is 4.09. The van der Waals surface area contributed by atoms with Gasteiger partial charge in [-0.05, 0) is 25.1 Å². The zero-order valence-electron chi connectivity index (χ0n) is 8.44. The molecule has 0 unspecified atom stereocenters. The molecule has 0 saturated heterocycles. The second-order valence-electron chi connectivity index (χ2n) is 3.34. The average Bonchev–Trinajstić information content (AvgIpc) is 2.74. The number of hydrogen-bond acceptors (Lipinski definition) is 3. The highest BCUT2D eigenvalue weighted by Crippen LogP contribution is 2.32. The van der Waals surface area contributed by atoms with Gasteiger partial charge < -0.3 is 4.42 Å². The van der Waals surface area contributed by atoms with Crippen molar-refractivity contribution < 1.29 is 9.34 Å². The summed E-state index contributed by atoms with van der Waals surface area (Å²) < 4.78 is 5.91. The highest BCUT2D eigenvalue weighted by molar-refractivity contribution is 9.10. The number of nitrogens with zero attached hydrogens (tertiary/aromatic N) is 1. The molecule has 0 bridgehead atoms. The zero-order valence-corrected chi connectivity index (χ0v) is 10.0. The van der Waals surface area contributed by atoms with Crippen LogP contribution >= 0.6 is 15.9 Å². The first-order valence-electron chi connectivity index (χ1n) is 4.58. The molecule has 0 fully saturated rings. The van der Waals surface area contributed by atoms with Crippen molar-refractivity contribution in [3.05, 3.63) is 50.7 Å². The van der Waals surface area contributed by atoms with E-state index >= 15 is 0 Å². The van der Waals surface area contributed by atoms with Gasteiger partial charge in [0, 0.05) is 21.7 Å². The fourth-order valence-electron chi connectivity index (χ4n) is 1.44. The molecule has 2 aromatic rings. The van der Waals surface area contributed by atoms with Gasteiger partial charge in [-0.15, -0.1) is 0 Å². The fraction of sp³-hybridized carbons (Fsp3) is 0.0909. The molecular weight excluding hydrogens is 274 g/mol. The summed E-state index contributed by atoms with van der Waals surface area (Å²) in [5.74, 6) is 0.615. The highest BCUT2D eigenvalue weighted by atomic mass is 79.9. The van der Waals surface area contributed by atoms with Crippen LogP contribution in [0.5, 0.6) is 0 Å². The lowest BCUT2D eigenvalue weighted by Crippen LogP contribution is -1.93. The Labute approximate surface area is 100 Å². The Morgan fingerprint density at radius 2 is 2.19 bits per heavy atom. The quantitative estimate of drug-likeness (QED) is 0.619. The molecule has 1 aromatic heterocycles. The van der Waals surface area contributed by atoms with Gasteiger partial charge in [-0.2, -0.15) is 0 Å². The standard InChI is InChI=1S/C11H8BrNO3/c1-7-9(12)5-8(6-10(7)13(14)15)11-3-2-4-16-11/h2-6H,1H3. The Morgan fingerprint density at radius 3 is 2.75 bits per heavy atom. The lowest BCUT2D eigenvalue weighted by molar-refractivity contribution is -0.385. The minimum absolute atomic E-state index is 0.0841. The molecule has 82 valence electrons. The van der Waals surface area contributed by atoms with Gasteiger partial charge in [0.05, 0.1) is 11.2 Å². The smallest absolute Gasteiger partial charge is 0.274 e. The molecule has 16 heavy (non-hydrogen) atoms. The predicted molar refractivity (Wildman–Crippen MR) is 63.2 cm³/mol. The maximum atomic E-state index is 10.8. The second-order valence-corrected chi connectivity index (χ2v) is 4.19. The number of hydrogen-bond donors (Lipinski definition) is 0. The molecule has 1 heterocycles. The summed E-state index contributed by atoms with van der Waals surface area (Å²) >= 11 is 3.30. The zero-order chi connectivity index (χ0) is 11.7. The summed E-state index contributed by atoms with van der Waals surface area (Å²) in [6.45, 7) is 1.70. The Balaban J connectivity index is 2.62. The van der Waals surface area contributed by atoms with Crippen molar-refractivity contribution in [2.45, 2.75) is 6.92 Å². The Kier molecular flexibility index (Phi) is 2.78. The number of benzene rings is 1. The van der Waals surface area contributed by atoms with E-state index in [-0.39, 0.29) is 5.69 Å². The molecule has 5 heteroatoms.